The SMILES string of the molecule is COc1ccc(C=O)cc1COCc1c(C)noc1C. The number of rotatable bonds is 6. The molecule has 0 radical (unpaired) electrons. The van der Waals surface area contributed by atoms with Crippen LogP contribution in [-0.4, -0.2) is 18.6 Å². The molecule has 0 aliphatic carbocycles. The highest BCUT2D eigenvalue weighted by molar-refractivity contribution is 5.75. The van der Waals surface area contributed by atoms with E-state index in [0.717, 1.165) is 28.9 Å². The van der Waals surface area contributed by atoms with Gasteiger partial charge in [-0.2, -0.15) is 0 Å². The Morgan fingerprint density at radius 3 is 2.70 bits per heavy atom. The van der Waals surface area contributed by atoms with Gasteiger partial charge in [-0.25, -0.2) is 0 Å². The van der Waals surface area contributed by atoms with E-state index in [1.165, 1.54) is 0 Å². The summed E-state index contributed by atoms with van der Waals surface area (Å²) >= 11 is 0. The predicted octanol–water partition coefficient (Wildman–Crippen LogP) is 2.83. The summed E-state index contributed by atoms with van der Waals surface area (Å²) in [5, 5.41) is 3.88. The monoisotopic (exact) mass is 275 g/mol. The quantitative estimate of drug-likeness (QED) is 0.759. The van der Waals surface area contributed by atoms with Crippen LogP contribution in [0.2, 0.25) is 0 Å². The maximum absolute atomic E-state index is 10.8. The Morgan fingerprint density at radius 2 is 2.10 bits per heavy atom. The highest BCUT2D eigenvalue weighted by Gasteiger charge is 2.10. The fourth-order valence-corrected chi connectivity index (χ4v) is 1.96. The van der Waals surface area contributed by atoms with E-state index in [4.69, 9.17) is 14.0 Å². The Balaban J connectivity index is 2.05. The van der Waals surface area contributed by atoms with Gasteiger partial charge in [0.15, 0.2) is 0 Å². The fraction of sp³-hybridized carbons (Fsp3) is 0.333. The van der Waals surface area contributed by atoms with Crippen molar-refractivity contribution in [2.45, 2.75) is 27.1 Å². The number of methoxy groups -OCH3 is 1. The number of ether oxygens (including phenoxy) is 2. The van der Waals surface area contributed by atoms with Crippen molar-refractivity contribution in [3.8, 4) is 5.75 Å². The largest absolute Gasteiger partial charge is 0.496 e. The van der Waals surface area contributed by atoms with Crippen molar-refractivity contribution in [2.24, 2.45) is 0 Å². The van der Waals surface area contributed by atoms with Crippen LogP contribution >= 0.6 is 0 Å². The highest BCUT2D eigenvalue weighted by atomic mass is 16.5. The number of hydrogen-bond donors (Lipinski definition) is 0. The topological polar surface area (TPSA) is 61.6 Å². The third-order valence-corrected chi connectivity index (χ3v) is 3.13. The molecule has 0 aliphatic rings. The zero-order valence-corrected chi connectivity index (χ0v) is 11.8. The number of aldehydes is 1. The molecule has 1 aromatic carbocycles. The van der Waals surface area contributed by atoms with Crippen LogP contribution in [0.4, 0.5) is 0 Å². The van der Waals surface area contributed by atoms with Crippen molar-refractivity contribution >= 4 is 6.29 Å². The van der Waals surface area contributed by atoms with Crippen molar-refractivity contribution in [3.05, 3.63) is 46.3 Å². The van der Waals surface area contributed by atoms with E-state index in [9.17, 15) is 4.79 Å². The second-order valence-electron chi connectivity index (χ2n) is 4.48. The summed E-state index contributed by atoms with van der Waals surface area (Å²) in [6, 6.07) is 5.24. The third kappa shape index (κ3) is 3.05. The maximum atomic E-state index is 10.8. The number of aryl methyl sites for hydroxylation is 2. The molecule has 0 spiro atoms. The van der Waals surface area contributed by atoms with Crippen LogP contribution in [0.1, 0.15) is 32.9 Å². The molecular weight excluding hydrogens is 258 g/mol. The zero-order valence-electron chi connectivity index (χ0n) is 11.8. The zero-order chi connectivity index (χ0) is 14.5. The number of benzene rings is 1. The lowest BCUT2D eigenvalue weighted by Gasteiger charge is -2.09. The van der Waals surface area contributed by atoms with E-state index >= 15 is 0 Å². The van der Waals surface area contributed by atoms with E-state index in [0.29, 0.717) is 24.5 Å². The first-order valence-electron chi connectivity index (χ1n) is 6.27. The Morgan fingerprint density at radius 1 is 1.30 bits per heavy atom. The van der Waals surface area contributed by atoms with Crippen LogP contribution in [0.5, 0.6) is 5.75 Å². The average Bonchev–Trinajstić information content (AvgIpc) is 2.78. The van der Waals surface area contributed by atoms with Crippen molar-refractivity contribution in [1.29, 1.82) is 0 Å². The van der Waals surface area contributed by atoms with Gasteiger partial charge in [0.1, 0.15) is 17.8 Å². The van der Waals surface area contributed by atoms with Gasteiger partial charge in [-0.15, -0.1) is 0 Å². The van der Waals surface area contributed by atoms with Crippen LogP contribution in [0.15, 0.2) is 22.7 Å². The molecule has 0 saturated carbocycles. The Bertz CT molecular complexity index is 584. The second kappa shape index (κ2) is 6.34. The van der Waals surface area contributed by atoms with Gasteiger partial charge in [-0.1, -0.05) is 5.16 Å². The van der Waals surface area contributed by atoms with Gasteiger partial charge in [-0.3, -0.25) is 4.79 Å². The Kier molecular flexibility index (Phi) is 4.53. The van der Waals surface area contributed by atoms with Gasteiger partial charge >= 0.3 is 0 Å². The second-order valence-corrected chi connectivity index (χ2v) is 4.48. The molecule has 5 heteroatoms. The fourth-order valence-electron chi connectivity index (χ4n) is 1.96. The maximum Gasteiger partial charge on any atom is 0.150 e. The van der Waals surface area contributed by atoms with Gasteiger partial charge in [-0.05, 0) is 32.0 Å². The third-order valence-electron chi connectivity index (χ3n) is 3.13. The number of aromatic nitrogens is 1. The predicted molar refractivity (Wildman–Crippen MR) is 72.9 cm³/mol. The summed E-state index contributed by atoms with van der Waals surface area (Å²) in [5.74, 6) is 1.46. The molecule has 5 nitrogen and oxygen atoms in total. The summed E-state index contributed by atoms with van der Waals surface area (Å²) in [6.45, 7) is 4.50. The minimum atomic E-state index is 0.356. The lowest BCUT2D eigenvalue weighted by Crippen LogP contribution is -1.99. The van der Waals surface area contributed by atoms with Gasteiger partial charge in [0.2, 0.25) is 0 Å². The van der Waals surface area contributed by atoms with Gasteiger partial charge in [0.25, 0.3) is 0 Å². The molecule has 0 amide bonds. The molecule has 0 saturated heterocycles. The molecule has 106 valence electrons. The van der Waals surface area contributed by atoms with Crippen molar-refractivity contribution in [3.63, 3.8) is 0 Å². The van der Waals surface area contributed by atoms with E-state index in [-0.39, 0.29) is 0 Å². The Hall–Kier alpha value is -2.14. The van der Waals surface area contributed by atoms with Crippen LogP contribution in [0.25, 0.3) is 0 Å². The smallest absolute Gasteiger partial charge is 0.150 e. The molecule has 2 rings (SSSR count). The number of hydrogen-bond acceptors (Lipinski definition) is 5. The van der Waals surface area contributed by atoms with E-state index in [1.54, 1.807) is 25.3 Å². The summed E-state index contributed by atoms with van der Waals surface area (Å²) in [7, 11) is 1.59. The molecular formula is C15H17NO4. The summed E-state index contributed by atoms with van der Waals surface area (Å²) in [4.78, 5) is 10.8. The summed E-state index contributed by atoms with van der Waals surface area (Å²) in [6.07, 6.45) is 0.803. The first kappa shape index (κ1) is 14.3. The Labute approximate surface area is 117 Å². The van der Waals surface area contributed by atoms with Crippen LogP contribution in [0.3, 0.4) is 0 Å². The molecule has 0 fully saturated rings. The molecule has 1 aromatic heterocycles. The molecule has 0 aliphatic heterocycles. The van der Waals surface area contributed by atoms with E-state index < -0.39 is 0 Å². The first-order valence-corrected chi connectivity index (χ1v) is 6.27. The lowest BCUT2D eigenvalue weighted by atomic mass is 10.1. The summed E-state index contributed by atoms with van der Waals surface area (Å²) < 4.78 is 16.0. The van der Waals surface area contributed by atoms with Crippen LogP contribution in [0, 0.1) is 13.8 Å². The minimum absolute atomic E-state index is 0.356. The molecule has 0 N–H and O–H groups in total. The van der Waals surface area contributed by atoms with Crippen molar-refractivity contribution < 1.29 is 18.8 Å². The van der Waals surface area contributed by atoms with Gasteiger partial charge in [0.05, 0.1) is 26.0 Å². The normalized spacial score (nSPS) is 10.6. The van der Waals surface area contributed by atoms with E-state index in [1.807, 2.05) is 13.8 Å². The van der Waals surface area contributed by atoms with Crippen molar-refractivity contribution in [1.82, 2.24) is 5.16 Å². The number of carbonyl (C=O) groups excluding carboxylic acids is 1. The molecule has 20 heavy (non-hydrogen) atoms. The average molecular weight is 275 g/mol. The molecule has 0 unspecified atom stereocenters. The van der Waals surface area contributed by atoms with Crippen LogP contribution < -0.4 is 4.74 Å². The molecule has 0 bridgehead atoms. The number of nitrogens with zero attached hydrogens (tertiary/aromatic N) is 1. The molecule has 1 heterocycles. The van der Waals surface area contributed by atoms with Gasteiger partial charge in [0, 0.05) is 16.7 Å². The molecule has 2 aromatic rings. The first-order chi connectivity index (χ1) is 9.65. The van der Waals surface area contributed by atoms with E-state index in [2.05, 4.69) is 5.16 Å². The van der Waals surface area contributed by atoms with Crippen LogP contribution in [-0.2, 0) is 18.0 Å². The standard InChI is InChI=1S/C15H17NO4/c1-10-14(11(2)20-16-10)9-19-8-13-6-12(7-17)4-5-15(13)18-3/h4-7H,8-9H2,1-3H3. The van der Waals surface area contributed by atoms with Gasteiger partial charge < -0.3 is 14.0 Å². The lowest BCUT2D eigenvalue weighted by molar-refractivity contribution is 0.104. The highest BCUT2D eigenvalue weighted by Crippen LogP contribution is 2.21. The summed E-state index contributed by atoms with van der Waals surface area (Å²) in [5.41, 5.74) is 3.22. The number of carbonyl (C=O) groups is 1. The minimum Gasteiger partial charge on any atom is -0.496 e. The molecule has 0 atom stereocenters. The van der Waals surface area contributed by atoms with Crippen molar-refractivity contribution in [2.75, 3.05) is 7.11 Å².